The highest BCUT2D eigenvalue weighted by atomic mass is 16.5. The molecule has 3 atom stereocenters. The van der Waals surface area contributed by atoms with Gasteiger partial charge in [-0.15, -0.1) is 0 Å². The third-order valence-electron chi connectivity index (χ3n) is 6.26. The van der Waals surface area contributed by atoms with E-state index in [1.165, 1.54) is 6.42 Å². The van der Waals surface area contributed by atoms with E-state index in [0.717, 1.165) is 64.5 Å². The summed E-state index contributed by atoms with van der Waals surface area (Å²) in [4.78, 5) is 27.6. The Morgan fingerprint density at radius 3 is 2.48 bits per heavy atom. The Bertz CT molecular complexity index is 487. The number of likely N-dealkylation sites (tertiary alicyclic amines) is 1. The zero-order chi connectivity index (χ0) is 19.1. The molecule has 1 saturated carbocycles. The minimum absolute atomic E-state index is 0.0253. The fraction of sp³-hybridized carbons (Fsp3) is 0.905. The lowest BCUT2D eigenvalue weighted by Crippen LogP contribution is -2.52. The standard InChI is InChI=1S/C21H36N2O4/c1-2-12-27-19-15-17(21(25)23-10-4-3-5-11-23)6-7-18(19)22-20(24)16-8-13-26-14-9-16/h16-19H,2-15H2,1H3,(H,22,24)/t17-,18-,19-/m0/s1. The van der Waals surface area contributed by atoms with E-state index >= 15 is 0 Å². The van der Waals surface area contributed by atoms with Gasteiger partial charge in [-0.2, -0.15) is 0 Å². The van der Waals surface area contributed by atoms with Crippen molar-refractivity contribution in [2.24, 2.45) is 11.8 Å². The Balaban J connectivity index is 1.56. The van der Waals surface area contributed by atoms with Gasteiger partial charge in [0.25, 0.3) is 0 Å². The van der Waals surface area contributed by atoms with E-state index in [1.807, 2.05) is 4.90 Å². The molecule has 2 saturated heterocycles. The van der Waals surface area contributed by atoms with Crippen LogP contribution in [0.1, 0.15) is 64.7 Å². The number of carbonyl (C=O) groups excluding carboxylic acids is 2. The van der Waals surface area contributed by atoms with Crippen LogP contribution < -0.4 is 5.32 Å². The second kappa shape index (κ2) is 10.4. The van der Waals surface area contributed by atoms with E-state index in [0.29, 0.717) is 25.7 Å². The number of piperidine rings is 1. The van der Waals surface area contributed by atoms with Crippen LogP contribution in [0.15, 0.2) is 0 Å². The second-order valence-electron chi connectivity index (χ2n) is 8.31. The molecule has 1 N–H and O–H groups in total. The summed E-state index contributed by atoms with van der Waals surface area (Å²) >= 11 is 0. The number of ether oxygens (including phenoxy) is 2. The second-order valence-corrected chi connectivity index (χ2v) is 8.31. The third-order valence-corrected chi connectivity index (χ3v) is 6.26. The predicted molar refractivity (Wildman–Crippen MR) is 103 cm³/mol. The zero-order valence-corrected chi connectivity index (χ0v) is 16.8. The maximum atomic E-state index is 12.9. The van der Waals surface area contributed by atoms with Gasteiger partial charge in [-0.1, -0.05) is 6.92 Å². The molecule has 1 aliphatic carbocycles. The lowest BCUT2D eigenvalue weighted by Gasteiger charge is -2.39. The molecule has 3 aliphatic rings. The van der Waals surface area contributed by atoms with Crippen molar-refractivity contribution < 1.29 is 19.1 Å². The number of amides is 2. The first-order valence-corrected chi connectivity index (χ1v) is 11.0. The SMILES string of the molecule is CCCO[C@H]1C[C@@H](C(=O)N2CCCCC2)CC[C@@H]1NC(=O)C1CCOCC1. The molecule has 0 unspecified atom stereocenters. The molecular weight excluding hydrogens is 344 g/mol. The third kappa shape index (κ3) is 5.67. The molecule has 3 fully saturated rings. The highest BCUT2D eigenvalue weighted by Gasteiger charge is 2.38. The number of nitrogens with one attached hydrogen (secondary N) is 1. The van der Waals surface area contributed by atoms with Gasteiger partial charge in [-0.05, 0) is 57.8 Å². The molecule has 0 bridgehead atoms. The lowest BCUT2D eigenvalue weighted by molar-refractivity contribution is -0.140. The Kier molecular flexibility index (Phi) is 7.94. The van der Waals surface area contributed by atoms with E-state index in [-0.39, 0.29) is 29.9 Å². The molecule has 0 aromatic rings. The highest BCUT2D eigenvalue weighted by molar-refractivity contribution is 5.80. The lowest BCUT2D eigenvalue weighted by atomic mass is 9.82. The molecule has 2 heterocycles. The van der Waals surface area contributed by atoms with Crippen molar-refractivity contribution in [2.75, 3.05) is 32.9 Å². The van der Waals surface area contributed by atoms with Crippen LogP contribution in [0.5, 0.6) is 0 Å². The molecule has 0 spiro atoms. The first-order valence-electron chi connectivity index (χ1n) is 11.0. The summed E-state index contributed by atoms with van der Waals surface area (Å²) < 4.78 is 11.5. The summed E-state index contributed by atoms with van der Waals surface area (Å²) in [6, 6.07) is 0.0253. The first kappa shape index (κ1) is 20.6. The summed E-state index contributed by atoms with van der Waals surface area (Å²) in [5, 5.41) is 3.24. The maximum Gasteiger partial charge on any atom is 0.225 e. The van der Waals surface area contributed by atoms with Crippen LogP contribution in [0.4, 0.5) is 0 Å². The number of carbonyl (C=O) groups is 2. The molecule has 3 rings (SSSR count). The fourth-order valence-corrected chi connectivity index (χ4v) is 4.60. The number of nitrogens with zero attached hydrogens (tertiary/aromatic N) is 1. The molecule has 0 radical (unpaired) electrons. The minimum atomic E-state index is -0.0544. The van der Waals surface area contributed by atoms with Gasteiger partial charge in [0.15, 0.2) is 0 Å². The van der Waals surface area contributed by atoms with Crippen molar-refractivity contribution in [3.63, 3.8) is 0 Å². The van der Waals surface area contributed by atoms with E-state index in [9.17, 15) is 9.59 Å². The van der Waals surface area contributed by atoms with Gasteiger partial charge >= 0.3 is 0 Å². The molecule has 154 valence electrons. The first-order chi connectivity index (χ1) is 13.2. The van der Waals surface area contributed by atoms with Crippen LogP contribution in [0.25, 0.3) is 0 Å². The molecular formula is C21H36N2O4. The van der Waals surface area contributed by atoms with Crippen LogP contribution in [0.3, 0.4) is 0 Å². The fourth-order valence-electron chi connectivity index (χ4n) is 4.60. The van der Waals surface area contributed by atoms with Gasteiger partial charge in [0.1, 0.15) is 0 Å². The minimum Gasteiger partial charge on any atom is -0.381 e. The van der Waals surface area contributed by atoms with E-state index in [4.69, 9.17) is 9.47 Å². The molecule has 2 aliphatic heterocycles. The molecule has 27 heavy (non-hydrogen) atoms. The Morgan fingerprint density at radius 2 is 1.78 bits per heavy atom. The molecule has 6 nitrogen and oxygen atoms in total. The van der Waals surface area contributed by atoms with Crippen LogP contribution in [0, 0.1) is 11.8 Å². The van der Waals surface area contributed by atoms with Crippen LogP contribution in [0.2, 0.25) is 0 Å². The number of rotatable bonds is 6. The van der Waals surface area contributed by atoms with Gasteiger partial charge in [0, 0.05) is 44.7 Å². The van der Waals surface area contributed by atoms with Gasteiger partial charge in [0.2, 0.25) is 11.8 Å². The Labute approximate surface area is 163 Å². The Hall–Kier alpha value is -1.14. The number of hydrogen-bond donors (Lipinski definition) is 1. The summed E-state index contributed by atoms with van der Waals surface area (Å²) in [6.07, 6.45) is 8.38. The van der Waals surface area contributed by atoms with E-state index in [1.54, 1.807) is 0 Å². The number of hydrogen-bond acceptors (Lipinski definition) is 4. The molecule has 6 heteroatoms. The van der Waals surface area contributed by atoms with Gasteiger partial charge < -0.3 is 19.7 Å². The van der Waals surface area contributed by atoms with E-state index < -0.39 is 0 Å². The molecule has 2 amide bonds. The van der Waals surface area contributed by atoms with Crippen LogP contribution in [-0.4, -0.2) is 61.8 Å². The van der Waals surface area contributed by atoms with Gasteiger partial charge in [-0.25, -0.2) is 0 Å². The average molecular weight is 381 g/mol. The predicted octanol–water partition coefficient (Wildman–Crippen LogP) is 2.51. The van der Waals surface area contributed by atoms with Crippen molar-refractivity contribution in [1.29, 1.82) is 0 Å². The largest absolute Gasteiger partial charge is 0.381 e. The smallest absolute Gasteiger partial charge is 0.225 e. The van der Waals surface area contributed by atoms with Crippen molar-refractivity contribution in [1.82, 2.24) is 10.2 Å². The van der Waals surface area contributed by atoms with Crippen molar-refractivity contribution in [3.8, 4) is 0 Å². The summed E-state index contributed by atoms with van der Waals surface area (Å²) in [6.45, 7) is 5.92. The zero-order valence-electron chi connectivity index (χ0n) is 16.8. The molecule has 0 aromatic carbocycles. The van der Waals surface area contributed by atoms with E-state index in [2.05, 4.69) is 12.2 Å². The van der Waals surface area contributed by atoms with Crippen molar-refractivity contribution in [2.45, 2.75) is 76.9 Å². The summed E-state index contributed by atoms with van der Waals surface area (Å²) in [5.41, 5.74) is 0. The quantitative estimate of drug-likeness (QED) is 0.769. The normalized spacial score (nSPS) is 30.1. The van der Waals surface area contributed by atoms with Gasteiger partial charge in [-0.3, -0.25) is 9.59 Å². The average Bonchev–Trinajstić information content (AvgIpc) is 2.73. The maximum absolute atomic E-state index is 12.9. The van der Waals surface area contributed by atoms with Crippen molar-refractivity contribution >= 4 is 11.8 Å². The van der Waals surface area contributed by atoms with Crippen LogP contribution in [-0.2, 0) is 19.1 Å². The van der Waals surface area contributed by atoms with Crippen LogP contribution >= 0.6 is 0 Å². The monoisotopic (exact) mass is 380 g/mol. The van der Waals surface area contributed by atoms with Gasteiger partial charge in [0.05, 0.1) is 12.1 Å². The summed E-state index contributed by atoms with van der Waals surface area (Å²) in [5.74, 6) is 0.530. The molecule has 0 aromatic heterocycles. The highest BCUT2D eigenvalue weighted by Crippen LogP contribution is 2.30. The van der Waals surface area contributed by atoms with Crippen molar-refractivity contribution in [3.05, 3.63) is 0 Å². The summed E-state index contributed by atoms with van der Waals surface area (Å²) in [7, 11) is 0. The topological polar surface area (TPSA) is 67.9 Å². The Morgan fingerprint density at radius 1 is 1.04 bits per heavy atom.